The molecule has 0 aliphatic heterocycles. The van der Waals surface area contributed by atoms with E-state index in [0.29, 0.717) is 12.5 Å². The first kappa shape index (κ1) is 14.4. The van der Waals surface area contributed by atoms with E-state index in [1.807, 2.05) is 36.4 Å². The molecule has 0 radical (unpaired) electrons. The summed E-state index contributed by atoms with van der Waals surface area (Å²) < 4.78 is 0. The molecule has 0 unspecified atom stereocenters. The van der Waals surface area contributed by atoms with Gasteiger partial charge in [-0.2, -0.15) is 0 Å². The fraction of sp³-hybridized carbons (Fsp3) is 0.188. The zero-order valence-corrected chi connectivity index (χ0v) is 12.2. The third-order valence-electron chi connectivity index (χ3n) is 2.95. The summed E-state index contributed by atoms with van der Waals surface area (Å²) in [6.45, 7) is 2.65. The lowest BCUT2D eigenvalue weighted by atomic mass is 10.1. The summed E-state index contributed by atoms with van der Waals surface area (Å²) in [5.41, 5.74) is 9.18. The third-order valence-corrected chi connectivity index (χ3v) is 3.20. The number of benzene rings is 2. The Kier molecular flexibility index (Phi) is 5.02. The maximum absolute atomic E-state index is 5.89. The molecule has 2 aromatic rings. The van der Waals surface area contributed by atoms with E-state index < -0.39 is 0 Å². The molecule has 0 amide bonds. The van der Waals surface area contributed by atoms with E-state index in [1.165, 1.54) is 5.56 Å². The minimum atomic E-state index is 0.410. The lowest BCUT2D eigenvalue weighted by Crippen LogP contribution is -2.22. The smallest absolute Gasteiger partial charge is 0.193 e. The van der Waals surface area contributed by atoms with Crippen molar-refractivity contribution in [1.82, 2.24) is 0 Å². The summed E-state index contributed by atoms with van der Waals surface area (Å²) in [6.07, 6.45) is 0.997. The van der Waals surface area contributed by atoms with Crippen molar-refractivity contribution in [3.05, 3.63) is 64.7 Å². The zero-order valence-electron chi connectivity index (χ0n) is 11.4. The Balaban J connectivity index is 1.98. The average Bonchev–Trinajstić information content (AvgIpc) is 2.47. The van der Waals surface area contributed by atoms with Gasteiger partial charge in [-0.15, -0.1) is 0 Å². The molecule has 0 fully saturated rings. The summed E-state index contributed by atoms with van der Waals surface area (Å²) in [7, 11) is 0. The first-order valence-corrected chi connectivity index (χ1v) is 6.95. The molecule has 0 spiro atoms. The SMILES string of the molecule is CCc1cccc(NC(N)=NCc2ccc(Cl)cc2)c1. The molecular weight excluding hydrogens is 270 g/mol. The quantitative estimate of drug-likeness (QED) is 0.663. The number of anilines is 1. The van der Waals surface area contributed by atoms with Crippen molar-refractivity contribution in [1.29, 1.82) is 0 Å². The number of hydrogen-bond acceptors (Lipinski definition) is 1. The molecule has 3 nitrogen and oxygen atoms in total. The van der Waals surface area contributed by atoms with Gasteiger partial charge in [-0.25, -0.2) is 4.99 Å². The average molecular weight is 288 g/mol. The number of nitrogens with one attached hydrogen (secondary N) is 1. The van der Waals surface area contributed by atoms with Gasteiger partial charge < -0.3 is 11.1 Å². The molecule has 0 aromatic heterocycles. The summed E-state index contributed by atoms with van der Waals surface area (Å²) in [5.74, 6) is 0.410. The lowest BCUT2D eigenvalue weighted by molar-refractivity contribution is 1.06. The second-order valence-electron chi connectivity index (χ2n) is 4.51. The van der Waals surface area contributed by atoms with Gasteiger partial charge in [-0.1, -0.05) is 42.8 Å². The maximum Gasteiger partial charge on any atom is 0.193 e. The Morgan fingerprint density at radius 1 is 1.15 bits per heavy atom. The number of halogens is 1. The predicted octanol–water partition coefficient (Wildman–Crippen LogP) is 3.83. The van der Waals surface area contributed by atoms with Crippen LogP contribution in [0.3, 0.4) is 0 Å². The van der Waals surface area contributed by atoms with Crippen LogP contribution in [0.2, 0.25) is 5.02 Å². The van der Waals surface area contributed by atoms with Crippen LogP contribution >= 0.6 is 11.6 Å². The van der Waals surface area contributed by atoms with Crippen LogP contribution in [0.1, 0.15) is 18.1 Å². The topological polar surface area (TPSA) is 50.4 Å². The number of rotatable bonds is 4. The molecular formula is C16H18ClN3. The van der Waals surface area contributed by atoms with Crippen molar-refractivity contribution >= 4 is 23.2 Å². The molecule has 2 aromatic carbocycles. The summed E-state index contributed by atoms with van der Waals surface area (Å²) in [4.78, 5) is 4.32. The van der Waals surface area contributed by atoms with Crippen molar-refractivity contribution in [2.45, 2.75) is 19.9 Å². The first-order chi connectivity index (χ1) is 9.67. The van der Waals surface area contributed by atoms with Crippen LogP contribution < -0.4 is 11.1 Å². The molecule has 0 aliphatic rings. The molecule has 0 atom stereocenters. The monoisotopic (exact) mass is 287 g/mol. The highest BCUT2D eigenvalue weighted by Crippen LogP contribution is 2.12. The number of nitrogens with two attached hydrogens (primary N) is 1. The van der Waals surface area contributed by atoms with Gasteiger partial charge in [0.1, 0.15) is 0 Å². The number of aryl methyl sites for hydroxylation is 1. The summed E-state index contributed by atoms with van der Waals surface area (Å²) >= 11 is 5.84. The molecule has 2 rings (SSSR count). The van der Waals surface area contributed by atoms with Gasteiger partial charge in [0.25, 0.3) is 0 Å². The van der Waals surface area contributed by atoms with Crippen molar-refractivity contribution < 1.29 is 0 Å². The van der Waals surface area contributed by atoms with Gasteiger partial charge >= 0.3 is 0 Å². The fourth-order valence-electron chi connectivity index (χ4n) is 1.82. The molecule has 0 bridgehead atoms. The predicted molar refractivity (Wildman–Crippen MR) is 86.2 cm³/mol. The second-order valence-corrected chi connectivity index (χ2v) is 4.94. The number of hydrogen-bond donors (Lipinski definition) is 2. The lowest BCUT2D eigenvalue weighted by Gasteiger charge is -2.07. The van der Waals surface area contributed by atoms with Gasteiger partial charge in [-0.3, -0.25) is 0 Å². The standard InChI is InChI=1S/C16H18ClN3/c1-2-12-4-3-5-15(10-12)20-16(18)19-11-13-6-8-14(17)9-7-13/h3-10H,2,11H2,1H3,(H3,18,19,20). The highest BCUT2D eigenvalue weighted by Gasteiger charge is 1.97. The molecule has 3 N–H and O–H groups in total. The second kappa shape index (κ2) is 6.96. The van der Waals surface area contributed by atoms with Crippen molar-refractivity contribution in [2.75, 3.05) is 5.32 Å². The minimum Gasteiger partial charge on any atom is -0.370 e. The number of guanidine groups is 1. The molecule has 0 aliphatic carbocycles. The van der Waals surface area contributed by atoms with Crippen molar-refractivity contribution in [3.8, 4) is 0 Å². The number of nitrogens with zero attached hydrogens (tertiary/aromatic N) is 1. The molecule has 0 saturated carbocycles. The van der Waals surface area contributed by atoms with E-state index in [2.05, 4.69) is 29.4 Å². The largest absolute Gasteiger partial charge is 0.370 e. The number of aliphatic imine (C=N–C) groups is 1. The molecule has 4 heteroatoms. The van der Waals surface area contributed by atoms with Gasteiger partial charge in [0.15, 0.2) is 5.96 Å². The highest BCUT2D eigenvalue weighted by atomic mass is 35.5. The van der Waals surface area contributed by atoms with Crippen LogP contribution in [0, 0.1) is 0 Å². The Morgan fingerprint density at radius 2 is 1.90 bits per heavy atom. The molecule has 0 saturated heterocycles. The van der Waals surface area contributed by atoms with Crippen LogP contribution in [-0.4, -0.2) is 5.96 Å². The maximum atomic E-state index is 5.89. The van der Waals surface area contributed by atoms with E-state index in [1.54, 1.807) is 0 Å². The first-order valence-electron chi connectivity index (χ1n) is 6.57. The van der Waals surface area contributed by atoms with Crippen molar-refractivity contribution in [2.24, 2.45) is 10.7 Å². The van der Waals surface area contributed by atoms with E-state index in [0.717, 1.165) is 22.7 Å². The molecule has 104 valence electrons. The van der Waals surface area contributed by atoms with Crippen LogP contribution in [0.5, 0.6) is 0 Å². The Hall–Kier alpha value is -2.00. The van der Waals surface area contributed by atoms with Crippen molar-refractivity contribution in [3.63, 3.8) is 0 Å². The van der Waals surface area contributed by atoms with Gasteiger partial charge in [0.05, 0.1) is 6.54 Å². The van der Waals surface area contributed by atoms with Crippen LogP contribution in [0.4, 0.5) is 5.69 Å². The Bertz CT molecular complexity index is 591. The Morgan fingerprint density at radius 3 is 2.60 bits per heavy atom. The summed E-state index contributed by atoms with van der Waals surface area (Å²) in [6, 6.07) is 15.7. The van der Waals surface area contributed by atoms with Crippen LogP contribution in [0.25, 0.3) is 0 Å². The molecule has 0 heterocycles. The van der Waals surface area contributed by atoms with Gasteiger partial charge in [0, 0.05) is 10.7 Å². The van der Waals surface area contributed by atoms with Crippen LogP contribution in [0.15, 0.2) is 53.5 Å². The van der Waals surface area contributed by atoms with E-state index in [9.17, 15) is 0 Å². The normalized spacial score (nSPS) is 11.4. The summed E-state index contributed by atoms with van der Waals surface area (Å²) in [5, 5.41) is 3.82. The zero-order chi connectivity index (χ0) is 14.4. The minimum absolute atomic E-state index is 0.410. The molecule has 20 heavy (non-hydrogen) atoms. The van der Waals surface area contributed by atoms with Gasteiger partial charge in [0.2, 0.25) is 0 Å². The third kappa shape index (κ3) is 4.28. The van der Waals surface area contributed by atoms with Crippen LogP contribution in [-0.2, 0) is 13.0 Å². The van der Waals surface area contributed by atoms with Gasteiger partial charge in [-0.05, 0) is 41.8 Å². The highest BCUT2D eigenvalue weighted by molar-refractivity contribution is 6.30. The Labute approximate surface area is 124 Å². The van der Waals surface area contributed by atoms with E-state index in [4.69, 9.17) is 17.3 Å². The van der Waals surface area contributed by atoms with E-state index in [-0.39, 0.29) is 0 Å². The fourth-order valence-corrected chi connectivity index (χ4v) is 1.95. The van der Waals surface area contributed by atoms with E-state index >= 15 is 0 Å².